The molecule has 0 bridgehead atoms. The van der Waals surface area contributed by atoms with Gasteiger partial charge in [0.25, 0.3) is 0 Å². The predicted octanol–water partition coefficient (Wildman–Crippen LogP) is 3.89. The molecule has 1 N–H and O–H groups in total. The summed E-state index contributed by atoms with van der Waals surface area (Å²) < 4.78 is 0. The Bertz CT molecular complexity index is 294. The molecule has 3 heteroatoms. The van der Waals surface area contributed by atoms with Crippen molar-refractivity contribution in [1.29, 1.82) is 0 Å². The molecule has 1 aromatic carbocycles. The average molecular weight is 336 g/mol. The SMILES string of the molecule is Cc1c(CO)c(C)c(CBr)c(C)c1CBr. The summed E-state index contributed by atoms with van der Waals surface area (Å²) in [5, 5.41) is 11.1. The molecule has 0 unspecified atom stereocenters. The first-order valence-electron chi connectivity index (χ1n) is 4.91. The third-order valence-electron chi connectivity index (χ3n) is 3.14. The zero-order valence-corrected chi connectivity index (χ0v) is 12.5. The van der Waals surface area contributed by atoms with Crippen molar-refractivity contribution in [3.63, 3.8) is 0 Å². The van der Waals surface area contributed by atoms with Crippen LogP contribution in [0.1, 0.15) is 33.4 Å². The molecule has 0 spiro atoms. The first-order valence-corrected chi connectivity index (χ1v) is 7.15. The van der Waals surface area contributed by atoms with E-state index in [0.29, 0.717) is 0 Å². The van der Waals surface area contributed by atoms with Gasteiger partial charge in [0, 0.05) is 10.7 Å². The molecule has 0 saturated heterocycles. The van der Waals surface area contributed by atoms with E-state index in [9.17, 15) is 5.11 Å². The lowest BCUT2D eigenvalue weighted by molar-refractivity contribution is 0.280. The van der Waals surface area contributed by atoms with Gasteiger partial charge in [-0.2, -0.15) is 0 Å². The van der Waals surface area contributed by atoms with E-state index in [2.05, 4.69) is 52.6 Å². The molecule has 0 aliphatic rings. The summed E-state index contributed by atoms with van der Waals surface area (Å²) in [5.41, 5.74) is 7.45. The van der Waals surface area contributed by atoms with Crippen LogP contribution in [0.4, 0.5) is 0 Å². The highest BCUT2D eigenvalue weighted by Crippen LogP contribution is 2.30. The van der Waals surface area contributed by atoms with Gasteiger partial charge in [-0.3, -0.25) is 0 Å². The maximum atomic E-state index is 9.40. The van der Waals surface area contributed by atoms with Crippen molar-refractivity contribution < 1.29 is 5.11 Å². The van der Waals surface area contributed by atoms with E-state index in [1.807, 2.05) is 0 Å². The Hall–Kier alpha value is 0.140. The highest BCUT2D eigenvalue weighted by atomic mass is 79.9. The van der Waals surface area contributed by atoms with Gasteiger partial charge in [0.05, 0.1) is 6.61 Å². The maximum absolute atomic E-state index is 9.40. The summed E-state index contributed by atoms with van der Waals surface area (Å²) in [5.74, 6) is 0. The summed E-state index contributed by atoms with van der Waals surface area (Å²) >= 11 is 7.03. The van der Waals surface area contributed by atoms with Crippen molar-refractivity contribution >= 4 is 31.9 Å². The van der Waals surface area contributed by atoms with Gasteiger partial charge in [-0.25, -0.2) is 0 Å². The molecule has 15 heavy (non-hydrogen) atoms. The standard InChI is InChI=1S/C12H16Br2O/c1-7-10(4-13)8(2)12(6-15)9(3)11(7)5-14/h15H,4-6H2,1-3H3. The van der Waals surface area contributed by atoms with Crippen molar-refractivity contribution in [2.24, 2.45) is 0 Å². The van der Waals surface area contributed by atoms with Crippen LogP contribution in [-0.2, 0) is 17.3 Å². The van der Waals surface area contributed by atoms with Crippen molar-refractivity contribution in [3.05, 3.63) is 33.4 Å². The van der Waals surface area contributed by atoms with Gasteiger partial charge in [-0.1, -0.05) is 31.9 Å². The van der Waals surface area contributed by atoms with Crippen LogP contribution in [0.5, 0.6) is 0 Å². The molecule has 0 radical (unpaired) electrons. The zero-order valence-electron chi connectivity index (χ0n) is 9.32. The lowest BCUT2D eigenvalue weighted by Gasteiger charge is -2.19. The lowest BCUT2D eigenvalue weighted by Crippen LogP contribution is -2.05. The van der Waals surface area contributed by atoms with E-state index < -0.39 is 0 Å². The largest absolute Gasteiger partial charge is 0.392 e. The third-order valence-corrected chi connectivity index (χ3v) is 4.26. The molecule has 0 fully saturated rings. The van der Waals surface area contributed by atoms with Crippen LogP contribution in [0.3, 0.4) is 0 Å². The van der Waals surface area contributed by atoms with Crippen molar-refractivity contribution in [2.75, 3.05) is 0 Å². The molecule has 0 heterocycles. The van der Waals surface area contributed by atoms with Crippen LogP contribution in [0, 0.1) is 20.8 Å². The van der Waals surface area contributed by atoms with Gasteiger partial charge in [0.15, 0.2) is 0 Å². The number of hydrogen-bond donors (Lipinski definition) is 1. The minimum Gasteiger partial charge on any atom is -0.392 e. The second kappa shape index (κ2) is 5.46. The number of halogens is 2. The lowest BCUT2D eigenvalue weighted by atomic mass is 9.90. The molecule has 0 aromatic heterocycles. The van der Waals surface area contributed by atoms with E-state index in [1.165, 1.54) is 27.8 Å². The summed E-state index contributed by atoms with van der Waals surface area (Å²) in [7, 11) is 0. The highest BCUT2D eigenvalue weighted by Gasteiger charge is 2.14. The molecule has 84 valence electrons. The van der Waals surface area contributed by atoms with E-state index >= 15 is 0 Å². The fourth-order valence-electron chi connectivity index (χ4n) is 2.03. The van der Waals surface area contributed by atoms with Gasteiger partial charge < -0.3 is 5.11 Å². The van der Waals surface area contributed by atoms with Crippen molar-refractivity contribution in [3.8, 4) is 0 Å². The van der Waals surface area contributed by atoms with Crippen LogP contribution in [-0.4, -0.2) is 5.11 Å². The number of benzene rings is 1. The van der Waals surface area contributed by atoms with Gasteiger partial charge in [-0.05, 0) is 54.2 Å². The van der Waals surface area contributed by atoms with Gasteiger partial charge in [0.2, 0.25) is 0 Å². The number of aliphatic hydroxyl groups excluding tert-OH is 1. The monoisotopic (exact) mass is 334 g/mol. The van der Waals surface area contributed by atoms with Gasteiger partial charge in [0.1, 0.15) is 0 Å². The fraction of sp³-hybridized carbons (Fsp3) is 0.500. The molecule has 0 aliphatic carbocycles. The molecule has 0 amide bonds. The van der Waals surface area contributed by atoms with Crippen molar-refractivity contribution in [2.45, 2.75) is 38.0 Å². The topological polar surface area (TPSA) is 20.2 Å². The van der Waals surface area contributed by atoms with E-state index in [4.69, 9.17) is 0 Å². The Morgan fingerprint density at radius 3 is 1.40 bits per heavy atom. The summed E-state index contributed by atoms with van der Waals surface area (Å²) in [6, 6.07) is 0. The minimum absolute atomic E-state index is 0.123. The number of aliphatic hydroxyl groups is 1. The van der Waals surface area contributed by atoms with Gasteiger partial charge in [-0.15, -0.1) is 0 Å². The molecule has 0 saturated carbocycles. The van der Waals surface area contributed by atoms with Crippen molar-refractivity contribution in [1.82, 2.24) is 0 Å². The zero-order chi connectivity index (χ0) is 11.6. The first-order chi connectivity index (χ1) is 7.08. The van der Waals surface area contributed by atoms with Crippen LogP contribution in [0.2, 0.25) is 0 Å². The number of rotatable bonds is 3. The summed E-state index contributed by atoms with van der Waals surface area (Å²) in [4.78, 5) is 0. The Morgan fingerprint density at radius 2 is 1.13 bits per heavy atom. The Morgan fingerprint density at radius 1 is 0.800 bits per heavy atom. The molecule has 1 rings (SSSR count). The maximum Gasteiger partial charge on any atom is 0.0687 e. The fourth-order valence-corrected chi connectivity index (χ4v) is 3.71. The molecular weight excluding hydrogens is 320 g/mol. The minimum atomic E-state index is 0.123. The Kier molecular flexibility index (Phi) is 4.81. The Balaban J connectivity index is 3.57. The first kappa shape index (κ1) is 13.2. The average Bonchev–Trinajstić information content (AvgIpc) is 2.19. The summed E-state index contributed by atoms with van der Waals surface area (Å²) in [6.07, 6.45) is 0. The van der Waals surface area contributed by atoms with Crippen LogP contribution >= 0.6 is 31.9 Å². The Labute approximate surface area is 108 Å². The predicted molar refractivity (Wildman–Crippen MR) is 71.8 cm³/mol. The summed E-state index contributed by atoms with van der Waals surface area (Å²) in [6.45, 7) is 6.44. The van der Waals surface area contributed by atoms with Crippen LogP contribution in [0.25, 0.3) is 0 Å². The normalized spacial score (nSPS) is 10.8. The van der Waals surface area contributed by atoms with E-state index in [0.717, 1.165) is 16.2 Å². The molecular formula is C12H16Br2O. The highest BCUT2D eigenvalue weighted by molar-refractivity contribution is 9.08. The number of alkyl halides is 2. The molecule has 0 atom stereocenters. The van der Waals surface area contributed by atoms with E-state index in [1.54, 1.807) is 0 Å². The third kappa shape index (κ3) is 2.29. The molecule has 1 nitrogen and oxygen atoms in total. The molecule has 0 aliphatic heterocycles. The quantitative estimate of drug-likeness (QED) is 0.831. The molecule has 1 aromatic rings. The second-order valence-corrected chi connectivity index (χ2v) is 4.86. The van der Waals surface area contributed by atoms with Gasteiger partial charge >= 0.3 is 0 Å². The number of hydrogen-bond acceptors (Lipinski definition) is 1. The smallest absolute Gasteiger partial charge is 0.0687 e. The van der Waals surface area contributed by atoms with Crippen LogP contribution in [0.15, 0.2) is 0 Å². The van der Waals surface area contributed by atoms with Crippen LogP contribution < -0.4 is 0 Å². The second-order valence-electron chi connectivity index (χ2n) is 3.74. The van der Waals surface area contributed by atoms with E-state index in [-0.39, 0.29) is 6.61 Å².